The highest BCUT2D eigenvalue weighted by Crippen LogP contribution is 2.26. The van der Waals surface area contributed by atoms with Crippen molar-refractivity contribution in [1.82, 2.24) is 20.7 Å². The minimum absolute atomic E-state index is 0.0169. The summed E-state index contributed by atoms with van der Waals surface area (Å²) in [5, 5.41) is 0. The van der Waals surface area contributed by atoms with Gasteiger partial charge >= 0.3 is 0 Å². The largest absolute Gasteiger partial charge is 0.341 e. The van der Waals surface area contributed by atoms with Crippen LogP contribution in [0.3, 0.4) is 0 Å². The van der Waals surface area contributed by atoms with Crippen molar-refractivity contribution in [3.63, 3.8) is 0 Å². The van der Waals surface area contributed by atoms with Crippen LogP contribution in [0.1, 0.15) is 27.7 Å². The van der Waals surface area contributed by atoms with Gasteiger partial charge in [-0.2, -0.15) is 0 Å². The predicted octanol–water partition coefficient (Wildman–Crippen LogP) is 1.36. The number of amides is 1. The number of hydrazine groups is 1. The zero-order chi connectivity index (χ0) is 18.0. The van der Waals surface area contributed by atoms with Crippen molar-refractivity contribution in [3.05, 3.63) is 69.4 Å². The standard InChI is InChI=1S/C18H21FN4O2/c1-11-7-13(8-16(24)21-11)18(25)23(2)10-14-9-20-22-17(14)12-3-5-15(19)6-4-12/h3-8,14,17,20,22H,9-10H2,1-2H3,(H,21,24). The number of rotatable bonds is 4. The Labute approximate surface area is 145 Å². The highest BCUT2D eigenvalue weighted by atomic mass is 19.1. The lowest BCUT2D eigenvalue weighted by molar-refractivity contribution is 0.0771. The maximum Gasteiger partial charge on any atom is 0.253 e. The van der Waals surface area contributed by atoms with E-state index in [1.54, 1.807) is 37.1 Å². The van der Waals surface area contributed by atoms with E-state index in [0.29, 0.717) is 24.3 Å². The molecule has 1 saturated heterocycles. The van der Waals surface area contributed by atoms with Crippen molar-refractivity contribution in [1.29, 1.82) is 0 Å². The second-order valence-corrected chi connectivity index (χ2v) is 6.42. The molecule has 1 aromatic carbocycles. The summed E-state index contributed by atoms with van der Waals surface area (Å²) in [5.41, 5.74) is 7.98. The maximum absolute atomic E-state index is 13.1. The molecule has 2 aromatic rings. The molecule has 0 saturated carbocycles. The van der Waals surface area contributed by atoms with Gasteiger partial charge in [0.2, 0.25) is 5.56 Å². The first-order chi connectivity index (χ1) is 11.9. The Morgan fingerprint density at radius 3 is 2.68 bits per heavy atom. The lowest BCUT2D eigenvalue weighted by Gasteiger charge is -2.25. The number of aromatic nitrogens is 1. The van der Waals surface area contributed by atoms with E-state index in [2.05, 4.69) is 15.8 Å². The molecule has 3 rings (SSSR count). The number of nitrogens with one attached hydrogen (secondary N) is 3. The minimum atomic E-state index is -0.287. The van der Waals surface area contributed by atoms with Gasteiger partial charge in [-0.15, -0.1) is 0 Å². The van der Waals surface area contributed by atoms with Gasteiger partial charge in [0.25, 0.3) is 5.91 Å². The normalized spacial score (nSPS) is 19.8. The molecule has 7 heteroatoms. The summed E-state index contributed by atoms with van der Waals surface area (Å²) in [4.78, 5) is 28.4. The fourth-order valence-electron chi connectivity index (χ4n) is 3.19. The van der Waals surface area contributed by atoms with E-state index in [1.807, 2.05) is 0 Å². The number of hydrogen-bond donors (Lipinski definition) is 3. The molecule has 3 N–H and O–H groups in total. The number of H-pyrrole nitrogens is 1. The van der Waals surface area contributed by atoms with Gasteiger partial charge in [0.05, 0.1) is 6.04 Å². The molecule has 1 aliphatic rings. The summed E-state index contributed by atoms with van der Waals surface area (Å²) in [5.74, 6) is -0.343. The summed E-state index contributed by atoms with van der Waals surface area (Å²) in [6.45, 7) is 2.94. The molecule has 2 heterocycles. The molecule has 0 bridgehead atoms. The van der Waals surface area contributed by atoms with Crippen LogP contribution in [0.5, 0.6) is 0 Å². The number of pyridine rings is 1. The number of aryl methyl sites for hydroxylation is 1. The first-order valence-electron chi connectivity index (χ1n) is 8.14. The average Bonchev–Trinajstić information content (AvgIpc) is 3.02. The molecule has 1 aliphatic heterocycles. The first kappa shape index (κ1) is 17.3. The summed E-state index contributed by atoms with van der Waals surface area (Å²) in [6, 6.07) is 9.32. The molecule has 0 radical (unpaired) electrons. The Morgan fingerprint density at radius 2 is 2.00 bits per heavy atom. The number of carbonyl (C=O) groups excluding carboxylic acids is 1. The third-order valence-corrected chi connectivity index (χ3v) is 4.40. The van der Waals surface area contributed by atoms with Gasteiger partial charge in [-0.3, -0.25) is 15.0 Å². The third kappa shape index (κ3) is 3.94. The van der Waals surface area contributed by atoms with Gasteiger partial charge < -0.3 is 9.88 Å². The summed E-state index contributed by atoms with van der Waals surface area (Å²) >= 11 is 0. The van der Waals surface area contributed by atoms with Gasteiger partial charge in [0.15, 0.2) is 0 Å². The average molecular weight is 344 g/mol. The summed E-state index contributed by atoms with van der Waals surface area (Å²) in [6.07, 6.45) is 0. The van der Waals surface area contributed by atoms with Crippen molar-refractivity contribution >= 4 is 5.91 Å². The fourth-order valence-corrected chi connectivity index (χ4v) is 3.19. The summed E-state index contributed by atoms with van der Waals surface area (Å²) < 4.78 is 13.1. The van der Waals surface area contributed by atoms with E-state index in [-0.39, 0.29) is 29.2 Å². The Balaban J connectivity index is 1.72. The highest BCUT2D eigenvalue weighted by Gasteiger charge is 2.30. The van der Waals surface area contributed by atoms with Crippen molar-refractivity contribution in [2.45, 2.75) is 13.0 Å². The Morgan fingerprint density at radius 1 is 1.28 bits per heavy atom. The summed E-state index contributed by atoms with van der Waals surface area (Å²) in [7, 11) is 1.72. The maximum atomic E-state index is 13.1. The number of benzene rings is 1. The number of hydrogen-bond acceptors (Lipinski definition) is 4. The molecule has 2 atom stereocenters. The van der Waals surface area contributed by atoms with E-state index in [1.165, 1.54) is 18.2 Å². The van der Waals surface area contributed by atoms with Gasteiger partial charge in [0.1, 0.15) is 5.82 Å². The van der Waals surface area contributed by atoms with E-state index in [9.17, 15) is 14.0 Å². The smallest absolute Gasteiger partial charge is 0.253 e. The SMILES string of the molecule is Cc1cc(C(=O)N(C)CC2CNNC2c2ccc(F)cc2)cc(=O)[nH]1. The fraction of sp³-hybridized carbons (Fsp3) is 0.333. The van der Waals surface area contributed by atoms with Crippen molar-refractivity contribution in [2.24, 2.45) is 5.92 Å². The first-order valence-corrected chi connectivity index (χ1v) is 8.14. The quantitative estimate of drug-likeness (QED) is 0.783. The molecule has 25 heavy (non-hydrogen) atoms. The Hall–Kier alpha value is -2.51. The molecule has 6 nitrogen and oxygen atoms in total. The van der Waals surface area contributed by atoms with E-state index in [0.717, 1.165) is 5.56 Å². The van der Waals surface area contributed by atoms with Crippen molar-refractivity contribution < 1.29 is 9.18 Å². The molecule has 1 fully saturated rings. The zero-order valence-electron chi connectivity index (χ0n) is 14.2. The predicted molar refractivity (Wildman–Crippen MR) is 92.5 cm³/mol. The molecule has 1 amide bonds. The van der Waals surface area contributed by atoms with Crippen LogP contribution in [0.2, 0.25) is 0 Å². The zero-order valence-corrected chi connectivity index (χ0v) is 14.2. The van der Waals surface area contributed by atoms with Crippen LogP contribution >= 0.6 is 0 Å². The molecule has 1 aromatic heterocycles. The lowest BCUT2D eigenvalue weighted by atomic mass is 9.94. The monoisotopic (exact) mass is 344 g/mol. The molecule has 2 unspecified atom stereocenters. The van der Waals surface area contributed by atoms with Crippen LogP contribution in [0.15, 0.2) is 41.2 Å². The minimum Gasteiger partial charge on any atom is -0.341 e. The number of aromatic amines is 1. The van der Waals surface area contributed by atoms with Crippen molar-refractivity contribution in [3.8, 4) is 0 Å². The Kier molecular flexibility index (Phi) is 4.96. The van der Waals surface area contributed by atoms with Crippen LogP contribution in [0, 0.1) is 18.7 Å². The molecule has 0 spiro atoms. The molecule has 0 aliphatic carbocycles. The third-order valence-electron chi connectivity index (χ3n) is 4.40. The van der Waals surface area contributed by atoms with Crippen LogP contribution in [0.25, 0.3) is 0 Å². The number of nitrogens with zero attached hydrogens (tertiary/aromatic N) is 1. The van der Waals surface area contributed by atoms with Crippen LogP contribution < -0.4 is 16.4 Å². The second-order valence-electron chi connectivity index (χ2n) is 6.42. The Bertz CT molecular complexity index is 819. The van der Waals surface area contributed by atoms with Gasteiger partial charge in [0, 0.05) is 43.4 Å². The van der Waals surface area contributed by atoms with Crippen LogP contribution in [-0.2, 0) is 0 Å². The number of carbonyl (C=O) groups is 1. The van der Waals surface area contributed by atoms with Gasteiger partial charge in [-0.05, 0) is 30.7 Å². The van der Waals surface area contributed by atoms with E-state index >= 15 is 0 Å². The second kappa shape index (κ2) is 7.16. The van der Waals surface area contributed by atoms with E-state index < -0.39 is 0 Å². The topological polar surface area (TPSA) is 77.2 Å². The number of halogens is 1. The highest BCUT2D eigenvalue weighted by molar-refractivity contribution is 5.94. The lowest BCUT2D eigenvalue weighted by Crippen LogP contribution is -2.35. The van der Waals surface area contributed by atoms with E-state index in [4.69, 9.17) is 0 Å². The van der Waals surface area contributed by atoms with Gasteiger partial charge in [-0.1, -0.05) is 12.1 Å². The molecule has 132 valence electrons. The van der Waals surface area contributed by atoms with Crippen LogP contribution in [-0.4, -0.2) is 35.9 Å². The van der Waals surface area contributed by atoms with Crippen molar-refractivity contribution in [2.75, 3.05) is 20.1 Å². The molecular formula is C18H21FN4O2. The van der Waals surface area contributed by atoms with Crippen LogP contribution in [0.4, 0.5) is 4.39 Å². The molecular weight excluding hydrogens is 323 g/mol. The van der Waals surface area contributed by atoms with Gasteiger partial charge in [-0.25, -0.2) is 9.82 Å².